The van der Waals surface area contributed by atoms with E-state index < -0.39 is 10.1 Å². The largest absolute Gasteiger partial charge is 0.497 e. The van der Waals surface area contributed by atoms with E-state index in [0.29, 0.717) is 24.5 Å². The van der Waals surface area contributed by atoms with Crippen LogP contribution in [0.25, 0.3) is 0 Å². The van der Waals surface area contributed by atoms with Crippen molar-refractivity contribution in [2.75, 3.05) is 48.2 Å². The van der Waals surface area contributed by atoms with Gasteiger partial charge < -0.3 is 28.0 Å². The molecule has 0 spiro atoms. The van der Waals surface area contributed by atoms with E-state index in [-0.39, 0.29) is 35.5 Å². The van der Waals surface area contributed by atoms with Crippen LogP contribution in [0.4, 0.5) is 0 Å². The minimum atomic E-state index is -4.11. The van der Waals surface area contributed by atoms with Crippen molar-refractivity contribution in [2.45, 2.75) is 11.4 Å². The molecule has 0 aromatic heterocycles. The van der Waals surface area contributed by atoms with Crippen molar-refractivity contribution in [1.82, 2.24) is 4.90 Å². The predicted octanol–water partition coefficient (Wildman–Crippen LogP) is 2.09. The lowest BCUT2D eigenvalue weighted by atomic mass is 10.2. The quantitative estimate of drug-likeness (QED) is 0.451. The van der Waals surface area contributed by atoms with Gasteiger partial charge in [-0.05, 0) is 42.0 Å². The van der Waals surface area contributed by atoms with Gasteiger partial charge in [0.25, 0.3) is 0 Å². The fourth-order valence-electron chi connectivity index (χ4n) is 2.72. The number of carbonyl (C=O) groups excluding carboxylic acids is 1. The molecule has 170 valence electrons. The van der Waals surface area contributed by atoms with Crippen LogP contribution in [0.3, 0.4) is 0 Å². The number of hydrogen-bond donors (Lipinski definition) is 0. The Balaban J connectivity index is 2.28. The molecule has 1 amide bonds. The molecular weight excluding hydrogens is 426 g/mol. The van der Waals surface area contributed by atoms with Gasteiger partial charge in [0.2, 0.25) is 5.91 Å². The number of methoxy groups -OCH3 is 4. The first-order valence-corrected chi connectivity index (χ1v) is 10.8. The summed E-state index contributed by atoms with van der Waals surface area (Å²) in [7, 11) is 1.77. The second-order valence-corrected chi connectivity index (χ2v) is 7.99. The van der Waals surface area contributed by atoms with E-state index in [1.165, 1.54) is 51.7 Å². The normalized spacial score (nSPS) is 11.1. The van der Waals surface area contributed by atoms with Gasteiger partial charge >= 0.3 is 10.1 Å². The van der Waals surface area contributed by atoms with Gasteiger partial charge in [-0.25, -0.2) is 0 Å². The van der Waals surface area contributed by atoms with E-state index >= 15 is 0 Å². The molecular formula is C21H27NO8S. The van der Waals surface area contributed by atoms with Crippen LogP contribution in [0.15, 0.2) is 47.4 Å². The lowest BCUT2D eigenvalue weighted by molar-refractivity contribution is -0.136. The molecule has 0 atom stereocenters. The van der Waals surface area contributed by atoms with Crippen LogP contribution in [0, 0.1) is 0 Å². The molecule has 0 bridgehead atoms. The highest BCUT2D eigenvalue weighted by molar-refractivity contribution is 7.87. The summed E-state index contributed by atoms with van der Waals surface area (Å²) in [4.78, 5) is 13.8. The average molecular weight is 454 g/mol. The highest BCUT2D eigenvalue weighted by atomic mass is 32.2. The molecule has 0 fully saturated rings. The van der Waals surface area contributed by atoms with Crippen LogP contribution >= 0.6 is 0 Å². The number of hydrogen-bond acceptors (Lipinski definition) is 8. The minimum absolute atomic E-state index is 0.0155. The minimum Gasteiger partial charge on any atom is -0.497 e. The molecule has 0 N–H and O–H groups in total. The molecule has 0 unspecified atom stereocenters. The predicted molar refractivity (Wildman–Crippen MR) is 113 cm³/mol. The molecule has 0 aliphatic heterocycles. The molecule has 0 aliphatic carbocycles. The Morgan fingerprint density at radius 2 is 1.61 bits per heavy atom. The number of nitrogens with zero attached hydrogens (tertiary/aromatic N) is 1. The van der Waals surface area contributed by atoms with Crippen molar-refractivity contribution in [3.8, 4) is 17.2 Å². The summed E-state index contributed by atoms with van der Waals surface area (Å²) in [6.07, 6.45) is 0. The van der Waals surface area contributed by atoms with Crippen LogP contribution in [0.2, 0.25) is 0 Å². The van der Waals surface area contributed by atoms with Crippen molar-refractivity contribution >= 4 is 16.0 Å². The molecule has 0 saturated carbocycles. The molecule has 10 heteroatoms. The Bertz CT molecular complexity index is 960. The maximum atomic E-state index is 12.7. The van der Waals surface area contributed by atoms with Gasteiger partial charge in [-0.2, -0.15) is 8.42 Å². The van der Waals surface area contributed by atoms with Gasteiger partial charge in [-0.15, -0.1) is 0 Å². The zero-order valence-corrected chi connectivity index (χ0v) is 18.8. The summed E-state index contributed by atoms with van der Waals surface area (Å²) in [6.45, 7) is 0.843. The molecule has 0 heterocycles. The van der Waals surface area contributed by atoms with Gasteiger partial charge in [-0.1, -0.05) is 6.07 Å². The highest BCUT2D eigenvalue weighted by Gasteiger charge is 2.21. The highest BCUT2D eigenvalue weighted by Crippen LogP contribution is 2.31. The number of carbonyl (C=O) groups is 1. The molecule has 0 aliphatic rings. The van der Waals surface area contributed by atoms with Gasteiger partial charge in [0.05, 0.1) is 20.8 Å². The topological polar surface area (TPSA) is 101 Å². The standard InChI is InChI=1S/C21H27NO8S/c1-26-12-11-22(21(23)15-27-2)14-16-5-10-19(29-4)20(13-16)30-31(24,25)18-8-6-17(28-3)7-9-18/h5-10,13H,11-12,14-15H2,1-4H3. The van der Waals surface area contributed by atoms with Gasteiger partial charge in [0.1, 0.15) is 17.3 Å². The summed E-state index contributed by atoms with van der Waals surface area (Å²) in [5, 5.41) is 0. The lowest BCUT2D eigenvalue weighted by Crippen LogP contribution is -2.35. The first-order chi connectivity index (χ1) is 14.8. The van der Waals surface area contributed by atoms with Crippen LogP contribution < -0.4 is 13.7 Å². The zero-order valence-electron chi connectivity index (χ0n) is 18.0. The number of benzene rings is 2. The summed E-state index contributed by atoms with van der Waals surface area (Å²) in [5.74, 6) is 0.563. The van der Waals surface area contributed by atoms with E-state index in [4.69, 9.17) is 23.1 Å². The Kier molecular flexibility index (Phi) is 9.10. The summed E-state index contributed by atoms with van der Waals surface area (Å²) in [5.41, 5.74) is 0.654. The van der Waals surface area contributed by atoms with Crippen molar-refractivity contribution < 1.29 is 36.3 Å². The van der Waals surface area contributed by atoms with Crippen molar-refractivity contribution in [3.05, 3.63) is 48.0 Å². The number of ether oxygens (including phenoxy) is 4. The third-order valence-corrected chi connectivity index (χ3v) is 5.58. The van der Waals surface area contributed by atoms with Crippen LogP contribution in [0.1, 0.15) is 5.56 Å². The van der Waals surface area contributed by atoms with Crippen LogP contribution in [-0.2, 0) is 30.9 Å². The van der Waals surface area contributed by atoms with E-state index in [9.17, 15) is 13.2 Å². The molecule has 0 radical (unpaired) electrons. The van der Waals surface area contributed by atoms with Gasteiger partial charge in [0, 0.05) is 27.3 Å². The molecule has 0 saturated heterocycles. The Morgan fingerprint density at radius 1 is 0.903 bits per heavy atom. The SMILES string of the molecule is COCCN(Cc1ccc(OC)c(OS(=O)(=O)c2ccc(OC)cc2)c1)C(=O)COC. The van der Waals surface area contributed by atoms with Crippen LogP contribution in [-0.4, -0.2) is 67.4 Å². The van der Waals surface area contributed by atoms with E-state index in [1.807, 2.05) is 0 Å². The third-order valence-electron chi connectivity index (χ3n) is 4.33. The fourth-order valence-corrected chi connectivity index (χ4v) is 3.65. The van der Waals surface area contributed by atoms with Crippen molar-refractivity contribution in [2.24, 2.45) is 0 Å². The average Bonchev–Trinajstić information content (AvgIpc) is 2.76. The zero-order chi connectivity index (χ0) is 22.9. The third kappa shape index (κ3) is 6.84. The molecule has 2 aromatic rings. The molecule has 2 aromatic carbocycles. The Hall–Kier alpha value is -2.82. The summed E-state index contributed by atoms with van der Waals surface area (Å²) in [6, 6.07) is 10.7. The van der Waals surface area contributed by atoms with Gasteiger partial charge in [-0.3, -0.25) is 4.79 Å². The van der Waals surface area contributed by atoms with Gasteiger partial charge in [0.15, 0.2) is 11.5 Å². The van der Waals surface area contributed by atoms with E-state index in [2.05, 4.69) is 0 Å². The maximum Gasteiger partial charge on any atom is 0.339 e. The lowest BCUT2D eigenvalue weighted by Gasteiger charge is -2.22. The second kappa shape index (κ2) is 11.5. The fraction of sp³-hybridized carbons (Fsp3) is 0.381. The number of rotatable bonds is 12. The summed E-state index contributed by atoms with van der Waals surface area (Å²) >= 11 is 0. The first kappa shape index (κ1) is 24.4. The van der Waals surface area contributed by atoms with E-state index in [0.717, 1.165) is 0 Å². The Morgan fingerprint density at radius 3 is 2.19 bits per heavy atom. The molecule has 31 heavy (non-hydrogen) atoms. The molecule has 2 rings (SSSR count). The number of amides is 1. The smallest absolute Gasteiger partial charge is 0.339 e. The molecule has 9 nitrogen and oxygen atoms in total. The second-order valence-electron chi connectivity index (χ2n) is 6.44. The van der Waals surface area contributed by atoms with Crippen LogP contribution in [0.5, 0.6) is 17.2 Å². The van der Waals surface area contributed by atoms with Crippen molar-refractivity contribution in [1.29, 1.82) is 0 Å². The maximum absolute atomic E-state index is 12.7. The van der Waals surface area contributed by atoms with Crippen molar-refractivity contribution in [3.63, 3.8) is 0 Å². The summed E-state index contributed by atoms with van der Waals surface area (Å²) < 4.78 is 51.1. The monoisotopic (exact) mass is 453 g/mol. The Labute approximate surface area is 182 Å². The van der Waals surface area contributed by atoms with E-state index in [1.54, 1.807) is 24.1 Å². The first-order valence-electron chi connectivity index (χ1n) is 9.35.